The van der Waals surface area contributed by atoms with E-state index in [0.29, 0.717) is 33.3 Å². The molecule has 174 valence electrons. The molecule has 0 saturated carbocycles. The van der Waals surface area contributed by atoms with Crippen LogP contribution in [0.1, 0.15) is 56.4 Å². The molecule has 2 aromatic heterocycles. The van der Waals surface area contributed by atoms with E-state index < -0.39 is 0 Å². The fraction of sp³-hybridized carbons (Fsp3) is 0.375. The number of nitrogens with one attached hydrogen (secondary N) is 1. The summed E-state index contributed by atoms with van der Waals surface area (Å²) in [5.74, 6) is -0.294. The molecule has 0 bridgehead atoms. The maximum Gasteiger partial charge on any atom is 0.277 e. The molecule has 0 radical (unpaired) electrons. The van der Waals surface area contributed by atoms with Gasteiger partial charge in [-0.15, -0.1) is 11.3 Å². The lowest BCUT2D eigenvalue weighted by Gasteiger charge is -2.21. The summed E-state index contributed by atoms with van der Waals surface area (Å²) in [7, 11) is 3.38. The number of benzene rings is 1. The molecule has 0 unspecified atom stereocenters. The van der Waals surface area contributed by atoms with Gasteiger partial charge in [-0.2, -0.15) is 5.10 Å². The highest BCUT2D eigenvalue weighted by atomic mass is 32.1. The minimum atomic E-state index is -0.254. The van der Waals surface area contributed by atoms with Crippen LogP contribution in [0.15, 0.2) is 29.1 Å². The number of carbonyl (C=O) groups is 2. The summed E-state index contributed by atoms with van der Waals surface area (Å²) >= 11 is 1.20. The minimum absolute atomic E-state index is 0.0406. The summed E-state index contributed by atoms with van der Waals surface area (Å²) in [4.78, 5) is 44.5. The molecule has 2 amide bonds. The van der Waals surface area contributed by atoms with Gasteiger partial charge in [0.05, 0.1) is 17.0 Å². The summed E-state index contributed by atoms with van der Waals surface area (Å²) in [6, 6.07) is 7.31. The van der Waals surface area contributed by atoms with E-state index in [1.165, 1.54) is 16.0 Å². The smallest absolute Gasteiger partial charge is 0.277 e. The van der Waals surface area contributed by atoms with E-state index in [-0.39, 0.29) is 23.4 Å². The van der Waals surface area contributed by atoms with Crippen molar-refractivity contribution in [3.8, 4) is 10.6 Å². The molecule has 9 heteroatoms. The second kappa shape index (κ2) is 9.66. The second-order valence-corrected chi connectivity index (χ2v) is 9.34. The van der Waals surface area contributed by atoms with Gasteiger partial charge < -0.3 is 10.2 Å². The normalized spacial score (nSPS) is 11.0. The van der Waals surface area contributed by atoms with E-state index in [1.54, 1.807) is 38.1 Å². The highest BCUT2D eigenvalue weighted by Crippen LogP contribution is 2.28. The van der Waals surface area contributed by atoms with Crippen LogP contribution in [0.5, 0.6) is 0 Å². The predicted octanol–water partition coefficient (Wildman–Crippen LogP) is 3.24. The van der Waals surface area contributed by atoms with Crippen LogP contribution in [0, 0.1) is 20.8 Å². The molecule has 33 heavy (non-hydrogen) atoms. The Hall–Kier alpha value is -3.33. The Morgan fingerprint density at radius 1 is 1.12 bits per heavy atom. The lowest BCUT2D eigenvalue weighted by molar-refractivity contribution is 0.0754. The molecule has 0 atom stereocenters. The highest BCUT2D eigenvalue weighted by molar-refractivity contribution is 7.17. The third kappa shape index (κ3) is 5.03. The van der Waals surface area contributed by atoms with Crippen LogP contribution in [-0.4, -0.2) is 44.6 Å². The number of hydrogen-bond acceptors (Lipinski definition) is 6. The number of amides is 2. The van der Waals surface area contributed by atoms with Crippen molar-refractivity contribution in [3.05, 3.63) is 67.6 Å². The van der Waals surface area contributed by atoms with Crippen molar-refractivity contribution in [1.29, 1.82) is 0 Å². The van der Waals surface area contributed by atoms with Crippen molar-refractivity contribution < 1.29 is 9.59 Å². The zero-order chi connectivity index (χ0) is 24.4. The van der Waals surface area contributed by atoms with Crippen LogP contribution >= 0.6 is 11.3 Å². The van der Waals surface area contributed by atoms with E-state index in [0.717, 1.165) is 16.8 Å². The van der Waals surface area contributed by atoms with Gasteiger partial charge in [0, 0.05) is 32.2 Å². The van der Waals surface area contributed by atoms with Crippen molar-refractivity contribution in [3.63, 3.8) is 0 Å². The predicted molar refractivity (Wildman–Crippen MR) is 130 cm³/mol. The molecule has 0 fully saturated rings. The number of aromatic nitrogens is 3. The minimum Gasteiger partial charge on any atom is -0.347 e. The van der Waals surface area contributed by atoms with Crippen LogP contribution in [0.2, 0.25) is 0 Å². The number of aryl methyl sites for hydroxylation is 3. The summed E-state index contributed by atoms with van der Waals surface area (Å²) < 4.78 is 1.29. The lowest BCUT2D eigenvalue weighted by atomic mass is 10.1. The Labute approximate surface area is 197 Å². The van der Waals surface area contributed by atoms with Gasteiger partial charge in [0.15, 0.2) is 0 Å². The third-order valence-electron chi connectivity index (χ3n) is 5.69. The van der Waals surface area contributed by atoms with Gasteiger partial charge >= 0.3 is 0 Å². The summed E-state index contributed by atoms with van der Waals surface area (Å²) in [6.07, 6.45) is 0. The SMILES string of the molecule is Cc1nc(-c2c(C)c(C)nn(C)c2=O)sc1C(=O)NCc1ccc(C(=O)N(C)C(C)C)cc1. The first-order valence-corrected chi connectivity index (χ1v) is 11.5. The van der Waals surface area contributed by atoms with Crippen molar-refractivity contribution in [2.24, 2.45) is 7.05 Å². The van der Waals surface area contributed by atoms with E-state index in [1.807, 2.05) is 39.8 Å². The van der Waals surface area contributed by atoms with Gasteiger partial charge in [-0.3, -0.25) is 14.4 Å². The topological polar surface area (TPSA) is 97.2 Å². The van der Waals surface area contributed by atoms with Gasteiger partial charge in [-0.05, 0) is 57.9 Å². The summed E-state index contributed by atoms with van der Waals surface area (Å²) in [5, 5.41) is 7.61. The van der Waals surface area contributed by atoms with E-state index in [4.69, 9.17) is 0 Å². The van der Waals surface area contributed by atoms with E-state index in [2.05, 4.69) is 15.4 Å². The summed E-state index contributed by atoms with van der Waals surface area (Å²) in [6.45, 7) is 9.67. The van der Waals surface area contributed by atoms with E-state index in [9.17, 15) is 14.4 Å². The average Bonchev–Trinajstić information content (AvgIpc) is 3.16. The largest absolute Gasteiger partial charge is 0.347 e. The number of carbonyl (C=O) groups excluding carboxylic acids is 2. The molecule has 0 aliphatic rings. The molecule has 0 aliphatic heterocycles. The van der Waals surface area contributed by atoms with Gasteiger partial charge in [-0.25, -0.2) is 9.67 Å². The van der Waals surface area contributed by atoms with E-state index >= 15 is 0 Å². The average molecular weight is 468 g/mol. The Bertz CT molecular complexity index is 1260. The Kier molecular flexibility index (Phi) is 7.12. The zero-order valence-electron chi connectivity index (χ0n) is 20.0. The molecule has 1 N–H and O–H groups in total. The van der Waals surface area contributed by atoms with Crippen LogP contribution < -0.4 is 10.9 Å². The van der Waals surface area contributed by atoms with Crippen molar-refractivity contribution in [2.45, 2.75) is 47.2 Å². The Balaban J connectivity index is 1.75. The maximum atomic E-state index is 12.8. The molecular formula is C24H29N5O3S. The summed E-state index contributed by atoms with van der Waals surface area (Å²) in [5.41, 5.74) is 3.79. The third-order valence-corrected chi connectivity index (χ3v) is 6.86. The number of nitrogens with zero attached hydrogens (tertiary/aromatic N) is 4. The molecule has 2 heterocycles. The van der Waals surface area contributed by atoms with Gasteiger partial charge in [0.25, 0.3) is 17.4 Å². The van der Waals surface area contributed by atoms with Crippen molar-refractivity contribution in [1.82, 2.24) is 25.0 Å². The monoisotopic (exact) mass is 467 g/mol. The Morgan fingerprint density at radius 2 is 1.76 bits per heavy atom. The van der Waals surface area contributed by atoms with Crippen molar-refractivity contribution in [2.75, 3.05) is 7.05 Å². The molecule has 1 aromatic carbocycles. The van der Waals surface area contributed by atoms with Gasteiger partial charge in [0.1, 0.15) is 9.88 Å². The zero-order valence-corrected chi connectivity index (χ0v) is 20.8. The second-order valence-electron chi connectivity index (χ2n) is 8.34. The van der Waals surface area contributed by atoms with Crippen LogP contribution in [0.25, 0.3) is 10.6 Å². The fourth-order valence-corrected chi connectivity index (χ4v) is 4.36. The molecule has 0 saturated heterocycles. The van der Waals surface area contributed by atoms with Crippen LogP contribution in [0.3, 0.4) is 0 Å². The maximum absolute atomic E-state index is 12.8. The van der Waals surface area contributed by atoms with Crippen molar-refractivity contribution >= 4 is 23.2 Å². The first-order chi connectivity index (χ1) is 15.5. The molecule has 0 spiro atoms. The first kappa shape index (κ1) is 24.3. The molecule has 3 aromatic rings. The number of hydrogen-bond donors (Lipinski definition) is 1. The van der Waals surface area contributed by atoms with Crippen LogP contribution in [-0.2, 0) is 13.6 Å². The lowest BCUT2D eigenvalue weighted by Crippen LogP contribution is -2.32. The highest BCUT2D eigenvalue weighted by Gasteiger charge is 2.21. The molecule has 0 aliphatic carbocycles. The molecule has 8 nitrogen and oxygen atoms in total. The fourth-order valence-electron chi connectivity index (χ4n) is 3.28. The number of thiazole rings is 1. The van der Waals surface area contributed by atoms with Gasteiger partial charge in [-0.1, -0.05) is 12.1 Å². The van der Waals surface area contributed by atoms with Gasteiger partial charge in [0.2, 0.25) is 0 Å². The number of rotatable bonds is 6. The molecular weight excluding hydrogens is 438 g/mol. The first-order valence-electron chi connectivity index (χ1n) is 10.7. The standard InChI is InChI=1S/C24H29N5O3S/c1-13(2)28(6)23(31)18-10-8-17(9-11-18)12-25-21(30)20-16(5)26-22(33-20)19-14(3)15(4)27-29(7)24(19)32/h8-11,13H,12H2,1-7H3,(H,25,30). The van der Waals surface area contributed by atoms with Crippen LogP contribution in [0.4, 0.5) is 0 Å². The molecule has 3 rings (SSSR count). The quantitative estimate of drug-likeness (QED) is 0.600. The Morgan fingerprint density at radius 3 is 2.36 bits per heavy atom.